The highest BCUT2D eigenvalue weighted by Gasteiger charge is 2.43. The smallest absolute Gasteiger partial charge is 0.362 e. The number of rotatable bonds is 1. The van der Waals surface area contributed by atoms with Crippen LogP contribution in [-0.4, -0.2) is 24.7 Å². The molecule has 1 fully saturated rings. The minimum atomic E-state index is -4.87. The second-order valence-electron chi connectivity index (χ2n) is 6.86. The highest BCUT2D eigenvalue weighted by molar-refractivity contribution is 5.82. The van der Waals surface area contributed by atoms with E-state index in [4.69, 9.17) is 0 Å². The Bertz CT molecular complexity index is 834. The molecule has 0 bridgehead atoms. The average Bonchev–Trinajstić information content (AvgIpc) is 2.76. The second kappa shape index (κ2) is 6.34. The molecule has 0 aromatic heterocycles. The Labute approximate surface area is 149 Å². The fourth-order valence-electron chi connectivity index (χ4n) is 4.18. The lowest BCUT2D eigenvalue weighted by atomic mass is 9.88. The highest BCUT2D eigenvalue weighted by atomic mass is 19.4. The lowest BCUT2D eigenvalue weighted by Gasteiger charge is -2.43. The number of nitrogens with one attached hydrogen (secondary N) is 1. The molecule has 2 aliphatic rings. The molecule has 2 atom stereocenters. The van der Waals surface area contributed by atoms with Gasteiger partial charge in [0.05, 0.1) is 12.1 Å². The third-order valence-electron chi connectivity index (χ3n) is 5.26. The Kier molecular flexibility index (Phi) is 4.13. The van der Waals surface area contributed by atoms with Gasteiger partial charge in [0.25, 0.3) is 0 Å². The quantitative estimate of drug-likeness (QED) is 0.834. The Morgan fingerprint density at radius 3 is 2.50 bits per heavy atom. The number of para-hydroxylation sites is 1. The van der Waals surface area contributed by atoms with Crippen LogP contribution in [0.1, 0.15) is 35.6 Å². The van der Waals surface area contributed by atoms with Crippen molar-refractivity contribution in [2.45, 2.75) is 37.5 Å². The number of amides is 1. The highest BCUT2D eigenvalue weighted by Crippen LogP contribution is 2.42. The van der Waals surface area contributed by atoms with Gasteiger partial charge in [-0.3, -0.25) is 4.79 Å². The fraction of sp³-hybridized carbons (Fsp3) is 0.350. The first-order chi connectivity index (χ1) is 12.4. The van der Waals surface area contributed by atoms with Crippen molar-refractivity contribution >= 4 is 11.6 Å². The van der Waals surface area contributed by atoms with E-state index in [0.717, 1.165) is 41.8 Å². The third kappa shape index (κ3) is 2.93. The molecule has 4 rings (SSSR count). The minimum Gasteiger partial charge on any atom is -0.362 e. The summed E-state index contributed by atoms with van der Waals surface area (Å²) in [6, 6.07) is 15.0. The maximum atomic E-state index is 12.8. The first-order valence-electron chi connectivity index (χ1n) is 8.75. The lowest BCUT2D eigenvalue weighted by Crippen LogP contribution is -2.53. The number of fused-ring (bicyclic) bond motifs is 5. The first kappa shape index (κ1) is 16.9. The van der Waals surface area contributed by atoms with Crippen molar-refractivity contribution in [3.8, 4) is 0 Å². The van der Waals surface area contributed by atoms with Gasteiger partial charge in [0, 0.05) is 12.2 Å². The van der Waals surface area contributed by atoms with Crippen LogP contribution in [0.3, 0.4) is 0 Å². The van der Waals surface area contributed by atoms with Gasteiger partial charge in [-0.1, -0.05) is 42.5 Å². The van der Waals surface area contributed by atoms with Crippen molar-refractivity contribution in [1.82, 2.24) is 5.32 Å². The summed E-state index contributed by atoms with van der Waals surface area (Å²) in [6.45, 7) is 0.758. The number of nitrogens with zero attached hydrogens (tertiary/aromatic N) is 1. The Balaban J connectivity index is 1.79. The van der Waals surface area contributed by atoms with Gasteiger partial charge in [-0.05, 0) is 42.0 Å². The molecule has 2 aromatic carbocycles. The molecule has 0 aliphatic carbocycles. The molecule has 6 heteroatoms. The fourth-order valence-corrected chi connectivity index (χ4v) is 4.18. The van der Waals surface area contributed by atoms with Crippen LogP contribution in [-0.2, 0) is 11.2 Å². The molecule has 136 valence electrons. The lowest BCUT2D eigenvalue weighted by molar-refractivity contribution is -0.174. The van der Waals surface area contributed by atoms with Crippen LogP contribution in [0.5, 0.6) is 0 Å². The van der Waals surface area contributed by atoms with Crippen LogP contribution in [0.15, 0.2) is 48.5 Å². The first-order valence-corrected chi connectivity index (χ1v) is 8.75. The molecule has 0 spiro atoms. The van der Waals surface area contributed by atoms with Crippen LogP contribution >= 0.6 is 0 Å². The summed E-state index contributed by atoms with van der Waals surface area (Å²) in [5.74, 6) is -1.86. The zero-order chi connectivity index (χ0) is 18.3. The number of benzene rings is 2. The number of halogens is 3. The third-order valence-corrected chi connectivity index (χ3v) is 5.26. The van der Waals surface area contributed by atoms with Gasteiger partial charge in [-0.2, -0.15) is 13.2 Å². The molecule has 3 nitrogen and oxygen atoms in total. The predicted molar refractivity (Wildman–Crippen MR) is 93.0 cm³/mol. The van der Waals surface area contributed by atoms with Gasteiger partial charge >= 0.3 is 12.1 Å². The van der Waals surface area contributed by atoms with E-state index < -0.39 is 18.1 Å². The zero-order valence-electron chi connectivity index (χ0n) is 14.1. The second-order valence-corrected chi connectivity index (χ2v) is 6.86. The summed E-state index contributed by atoms with van der Waals surface area (Å²) in [7, 11) is 0. The molecule has 2 heterocycles. The van der Waals surface area contributed by atoms with E-state index in [1.807, 2.05) is 42.5 Å². The number of piperidine rings is 1. The van der Waals surface area contributed by atoms with E-state index in [9.17, 15) is 18.0 Å². The van der Waals surface area contributed by atoms with E-state index in [2.05, 4.69) is 16.3 Å². The van der Waals surface area contributed by atoms with Crippen molar-refractivity contribution in [1.29, 1.82) is 0 Å². The Hall–Kier alpha value is -2.50. The van der Waals surface area contributed by atoms with Crippen molar-refractivity contribution in [2.75, 3.05) is 11.4 Å². The molecular formula is C20H19F3N2O. The van der Waals surface area contributed by atoms with Crippen molar-refractivity contribution in [3.63, 3.8) is 0 Å². The largest absolute Gasteiger partial charge is 0.471 e. The topological polar surface area (TPSA) is 32.3 Å². The van der Waals surface area contributed by atoms with E-state index in [-0.39, 0.29) is 6.04 Å². The van der Waals surface area contributed by atoms with E-state index >= 15 is 0 Å². The SMILES string of the molecule is O=C(NC1CCCN2c3ccccc3Cc3ccccc3C12)C(F)(F)F. The number of carbonyl (C=O) groups is 1. The van der Waals surface area contributed by atoms with Gasteiger partial charge in [0.1, 0.15) is 0 Å². The van der Waals surface area contributed by atoms with E-state index in [0.29, 0.717) is 6.42 Å². The van der Waals surface area contributed by atoms with Crippen molar-refractivity contribution < 1.29 is 18.0 Å². The molecular weight excluding hydrogens is 341 g/mol. The summed E-state index contributed by atoms with van der Waals surface area (Å²) < 4.78 is 38.5. The molecule has 1 saturated heterocycles. The van der Waals surface area contributed by atoms with Crippen molar-refractivity contribution in [3.05, 3.63) is 65.2 Å². The Morgan fingerprint density at radius 2 is 1.73 bits per heavy atom. The standard InChI is InChI=1S/C20H19F3N2O/c21-20(22,23)19(26)24-16-9-5-11-25-17-10-4-2-7-14(17)12-13-6-1-3-8-15(13)18(16)25/h1-4,6-8,10,16,18H,5,9,11-12H2,(H,24,26). The van der Waals surface area contributed by atoms with Crippen LogP contribution in [0.4, 0.5) is 18.9 Å². The summed E-state index contributed by atoms with van der Waals surface area (Å²) >= 11 is 0. The summed E-state index contributed by atoms with van der Waals surface area (Å²) in [5, 5.41) is 2.25. The van der Waals surface area contributed by atoms with Gasteiger partial charge in [0.15, 0.2) is 0 Å². The van der Waals surface area contributed by atoms with E-state index in [1.54, 1.807) is 0 Å². The summed E-state index contributed by atoms with van der Waals surface area (Å²) in [5.41, 5.74) is 4.29. The van der Waals surface area contributed by atoms with Gasteiger partial charge in [-0.25, -0.2) is 0 Å². The van der Waals surface area contributed by atoms with Crippen LogP contribution in [0.25, 0.3) is 0 Å². The zero-order valence-corrected chi connectivity index (χ0v) is 14.1. The molecule has 0 saturated carbocycles. The normalized spacial score (nSPS) is 21.9. The monoisotopic (exact) mass is 360 g/mol. The maximum absolute atomic E-state index is 12.8. The minimum absolute atomic E-state index is 0.296. The molecule has 1 N–H and O–H groups in total. The predicted octanol–water partition coefficient (Wildman–Crippen LogP) is 3.98. The number of alkyl halides is 3. The van der Waals surface area contributed by atoms with Gasteiger partial charge < -0.3 is 10.2 Å². The summed E-state index contributed by atoms with van der Waals surface area (Å²) in [6.07, 6.45) is -2.88. The number of carbonyl (C=O) groups excluding carboxylic acids is 1. The van der Waals surface area contributed by atoms with E-state index in [1.165, 1.54) is 0 Å². The van der Waals surface area contributed by atoms with Crippen LogP contribution < -0.4 is 10.2 Å². The van der Waals surface area contributed by atoms with Crippen LogP contribution in [0.2, 0.25) is 0 Å². The molecule has 2 aliphatic heterocycles. The molecule has 2 unspecified atom stereocenters. The number of anilines is 1. The molecule has 0 radical (unpaired) electrons. The maximum Gasteiger partial charge on any atom is 0.471 e. The van der Waals surface area contributed by atoms with Crippen molar-refractivity contribution in [2.24, 2.45) is 0 Å². The molecule has 2 aromatic rings. The number of hydrogen-bond donors (Lipinski definition) is 1. The Morgan fingerprint density at radius 1 is 1.04 bits per heavy atom. The average molecular weight is 360 g/mol. The molecule has 1 amide bonds. The number of hydrogen-bond acceptors (Lipinski definition) is 2. The molecule has 26 heavy (non-hydrogen) atoms. The summed E-state index contributed by atoms with van der Waals surface area (Å²) in [4.78, 5) is 13.8. The van der Waals surface area contributed by atoms with Gasteiger partial charge in [0.2, 0.25) is 0 Å². The van der Waals surface area contributed by atoms with Gasteiger partial charge in [-0.15, -0.1) is 0 Å². The van der Waals surface area contributed by atoms with Crippen LogP contribution in [0, 0.1) is 0 Å².